The van der Waals surface area contributed by atoms with Crippen LogP contribution in [0, 0.1) is 0 Å². The third-order valence-electron chi connectivity index (χ3n) is 4.02. The van der Waals surface area contributed by atoms with Crippen LogP contribution in [0.5, 0.6) is 5.88 Å². The van der Waals surface area contributed by atoms with Crippen molar-refractivity contribution < 1.29 is 5.11 Å². The van der Waals surface area contributed by atoms with Gasteiger partial charge in [-0.2, -0.15) is 4.98 Å². The number of aryl methyl sites for hydroxylation is 1. The van der Waals surface area contributed by atoms with Crippen molar-refractivity contribution in [3.05, 3.63) is 52.8 Å². The molecular formula is C15H15ClN8O5. The van der Waals surface area contributed by atoms with E-state index < -0.39 is 34.1 Å². The van der Waals surface area contributed by atoms with E-state index >= 15 is 0 Å². The SMILES string of the molecule is CC(Cl)=CCn1c(N=Nc2c(O)[nH]c(=O)[nH]c2=O)nc2c1c(=O)n(C)c(=O)n2C. The number of hydrogen-bond donors (Lipinski definition) is 3. The number of fused-ring (bicyclic) bond motifs is 1. The van der Waals surface area contributed by atoms with Gasteiger partial charge in [0.25, 0.3) is 17.1 Å². The summed E-state index contributed by atoms with van der Waals surface area (Å²) in [5.41, 5.74) is -3.53. The fourth-order valence-corrected chi connectivity index (χ4v) is 2.63. The Kier molecular flexibility index (Phi) is 5.07. The van der Waals surface area contributed by atoms with Crippen molar-refractivity contribution >= 4 is 34.4 Å². The van der Waals surface area contributed by atoms with E-state index in [1.807, 2.05) is 9.97 Å². The Bertz CT molecular complexity index is 1410. The Balaban J connectivity index is 2.30. The van der Waals surface area contributed by atoms with Crippen LogP contribution in [0.15, 0.2) is 40.5 Å². The molecule has 3 aromatic heterocycles. The normalized spacial score (nSPS) is 12.3. The summed E-state index contributed by atoms with van der Waals surface area (Å²) in [6.45, 7) is 1.70. The average Bonchev–Trinajstić information content (AvgIpc) is 3.00. The topological polar surface area (TPSA) is 172 Å². The molecule has 0 aliphatic heterocycles. The molecule has 0 unspecified atom stereocenters. The minimum absolute atomic E-state index is 0.0484. The van der Waals surface area contributed by atoms with Crippen molar-refractivity contribution in [2.24, 2.45) is 24.3 Å². The van der Waals surface area contributed by atoms with Gasteiger partial charge in [-0.25, -0.2) is 9.59 Å². The summed E-state index contributed by atoms with van der Waals surface area (Å²) in [4.78, 5) is 55.8. The summed E-state index contributed by atoms with van der Waals surface area (Å²) in [7, 11) is 2.76. The molecule has 0 atom stereocenters. The number of aromatic nitrogens is 6. The summed E-state index contributed by atoms with van der Waals surface area (Å²) in [5, 5.41) is 17.6. The summed E-state index contributed by atoms with van der Waals surface area (Å²) in [6, 6.07) is 0. The molecule has 0 aliphatic carbocycles. The lowest BCUT2D eigenvalue weighted by molar-refractivity contribution is 0.450. The first-order valence-corrected chi connectivity index (χ1v) is 8.45. The van der Waals surface area contributed by atoms with Crippen molar-refractivity contribution in [3.63, 3.8) is 0 Å². The molecule has 0 fully saturated rings. The van der Waals surface area contributed by atoms with Crippen LogP contribution in [0.25, 0.3) is 11.2 Å². The highest BCUT2D eigenvalue weighted by Crippen LogP contribution is 2.23. The second-order valence-electron chi connectivity index (χ2n) is 6.00. The highest BCUT2D eigenvalue weighted by Gasteiger charge is 2.19. The number of allylic oxidation sites excluding steroid dienone is 2. The van der Waals surface area contributed by atoms with E-state index in [1.165, 1.54) is 18.7 Å². The Labute approximate surface area is 165 Å². The predicted octanol–water partition coefficient (Wildman–Crippen LogP) is 0.0739. The maximum atomic E-state index is 12.6. The van der Waals surface area contributed by atoms with Crippen LogP contribution < -0.4 is 22.5 Å². The highest BCUT2D eigenvalue weighted by molar-refractivity contribution is 6.29. The number of aromatic amines is 2. The molecule has 152 valence electrons. The Morgan fingerprint density at radius 2 is 1.86 bits per heavy atom. The maximum Gasteiger partial charge on any atom is 0.332 e. The van der Waals surface area contributed by atoms with E-state index in [-0.39, 0.29) is 23.7 Å². The first kappa shape index (κ1) is 20.0. The lowest BCUT2D eigenvalue weighted by Crippen LogP contribution is -2.37. The van der Waals surface area contributed by atoms with E-state index in [0.29, 0.717) is 5.03 Å². The maximum absolute atomic E-state index is 12.6. The Morgan fingerprint density at radius 3 is 2.48 bits per heavy atom. The zero-order valence-corrected chi connectivity index (χ0v) is 16.2. The van der Waals surface area contributed by atoms with Crippen LogP contribution in [0.2, 0.25) is 0 Å². The molecule has 0 saturated carbocycles. The summed E-state index contributed by atoms with van der Waals surface area (Å²) < 4.78 is 3.42. The van der Waals surface area contributed by atoms with Gasteiger partial charge in [0.15, 0.2) is 11.2 Å². The molecule has 0 radical (unpaired) electrons. The molecule has 0 aromatic carbocycles. The number of H-pyrrole nitrogens is 2. The monoisotopic (exact) mass is 422 g/mol. The van der Waals surface area contributed by atoms with Crippen LogP contribution in [0.4, 0.5) is 11.6 Å². The van der Waals surface area contributed by atoms with Crippen molar-refractivity contribution in [2.75, 3.05) is 0 Å². The molecule has 0 saturated heterocycles. The van der Waals surface area contributed by atoms with Crippen LogP contribution >= 0.6 is 11.6 Å². The Hall–Kier alpha value is -3.74. The van der Waals surface area contributed by atoms with Crippen molar-refractivity contribution in [3.8, 4) is 5.88 Å². The van der Waals surface area contributed by atoms with Crippen LogP contribution in [0.3, 0.4) is 0 Å². The van der Waals surface area contributed by atoms with Crippen molar-refractivity contribution in [1.82, 2.24) is 28.7 Å². The molecule has 29 heavy (non-hydrogen) atoms. The van der Waals surface area contributed by atoms with Gasteiger partial charge < -0.3 is 5.11 Å². The highest BCUT2D eigenvalue weighted by atomic mass is 35.5. The number of hydrogen-bond acceptors (Lipinski definition) is 8. The largest absolute Gasteiger partial charge is 0.493 e. The van der Waals surface area contributed by atoms with Gasteiger partial charge in [0.05, 0.1) is 0 Å². The molecule has 0 aliphatic rings. The van der Waals surface area contributed by atoms with Crippen molar-refractivity contribution in [2.45, 2.75) is 13.5 Å². The first-order chi connectivity index (χ1) is 13.6. The van der Waals surface area contributed by atoms with Gasteiger partial charge in [0, 0.05) is 25.7 Å². The Morgan fingerprint density at radius 1 is 1.17 bits per heavy atom. The average molecular weight is 423 g/mol. The molecule has 13 nitrogen and oxygen atoms in total. The third-order valence-corrected chi connectivity index (χ3v) is 4.18. The second-order valence-corrected chi connectivity index (χ2v) is 6.59. The molecule has 3 aromatic rings. The predicted molar refractivity (Wildman–Crippen MR) is 103 cm³/mol. The molecule has 0 spiro atoms. The van der Waals surface area contributed by atoms with Gasteiger partial charge in [0.1, 0.15) is 0 Å². The first-order valence-electron chi connectivity index (χ1n) is 8.07. The van der Waals surface area contributed by atoms with Crippen LogP contribution in [-0.4, -0.2) is 33.8 Å². The molecule has 3 N–H and O–H groups in total. The van der Waals surface area contributed by atoms with E-state index in [1.54, 1.807) is 13.0 Å². The molecule has 3 heterocycles. The van der Waals surface area contributed by atoms with Gasteiger partial charge in [-0.15, -0.1) is 10.2 Å². The lowest BCUT2D eigenvalue weighted by Gasteiger charge is -2.05. The van der Waals surface area contributed by atoms with E-state index in [4.69, 9.17) is 11.6 Å². The van der Waals surface area contributed by atoms with E-state index in [2.05, 4.69) is 15.2 Å². The second kappa shape index (κ2) is 7.35. The molecule has 0 bridgehead atoms. The quantitative estimate of drug-likeness (QED) is 0.502. The van der Waals surface area contributed by atoms with Gasteiger partial charge in [0.2, 0.25) is 11.6 Å². The number of azo groups is 1. The molecular weight excluding hydrogens is 408 g/mol. The van der Waals surface area contributed by atoms with Gasteiger partial charge >= 0.3 is 11.4 Å². The number of nitrogens with one attached hydrogen (secondary N) is 2. The zero-order valence-electron chi connectivity index (χ0n) is 15.4. The number of imidazole rings is 1. The van der Waals surface area contributed by atoms with E-state index in [0.717, 1.165) is 9.13 Å². The molecule has 0 amide bonds. The minimum Gasteiger partial charge on any atom is -0.493 e. The standard InChI is InChI=1S/C15H15ClN8O5/c1-6(16)4-5-24-8-9(22(2)15(29)23(3)12(8)27)17-13(24)21-20-7-10(25)18-14(28)19-11(7)26/h4H,5H2,1-3H3,(H3,18,19,25,26,28). The third kappa shape index (κ3) is 3.54. The smallest absolute Gasteiger partial charge is 0.332 e. The fourth-order valence-electron chi connectivity index (χ4n) is 2.56. The summed E-state index contributed by atoms with van der Waals surface area (Å²) >= 11 is 5.88. The summed E-state index contributed by atoms with van der Waals surface area (Å²) in [6.07, 6.45) is 1.58. The lowest BCUT2D eigenvalue weighted by atomic mass is 10.4. The van der Waals surface area contributed by atoms with Crippen molar-refractivity contribution in [1.29, 1.82) is 0 Å². The van der Waals surface area contributed by atoms with E-state index in [9.17, 15) is 24.3 Å². The zero-order chi connectivity index (χ0) is 21.5. The number of nitrogens with zero attached hydrogens (tertiary/aromatic N) is 6. The number of rotatable bonds is 4. The number of aromatic hydroxyl groups is 1. The van der Waals surface area contributed by atoms with Gasteiger partial charge in [-0.05, 0) is 6.92 Å². The summed E-state index contributed by atoms with van der Waals surface area (Å²) in [5.74, 6) is -0.914. The van der Waals surface area contributed by atoms with Crippen LogP contribution in [0.1, 0.15) is 6.92 Å². The fraction of sp³-hybridized carbons (Fsp3) is 0.267. The van der Waals surface area contributed by atoms with Gasteiger partial charge in [-0.1, -0.05) is 17.7 Å². The molecule has 3 rings (SSSR count). The number of halogens is 1. The molecule has 14 heteroatoms. The van der Waals surface area contributed by atoms with Gasteiger partial charge in [-0.3, -0.25) is 33.3 Å². The minimum atomic E-state index is -0.975. The van der Waals surface area contributed by atoms with Crippen LogP contribution in [-0.2, 0) is 20.6 Å².